The molecule has 0 spiro atoms. The fourth-order valence-electron chi connectivity index (χ4n) is 1.33. The van der Waals surface area contributed by atoms with Crippen LogP contribution >= 0.6 is 0 Å². The summed E-state index contributed by atoms with van der Waals surface area (Å²) in [7, 11) is 0. The van der Waals surface area contributed by atoms with E-state index in [0.717, 1.165) is 12.4 Å². The molecule has 0 aliphatic carbocycles. The minimum absolute atomic E-state index is 0.0327. The Morgan fingerprint density at radius 1 is 1.21 bits per heavy atom. The molecule has 1 heterocycles. The Kier molecular flexibility index (Phi) is 4.02. The Balaban J connectivity index is 2.06. The van der Waals surface area contributed by atoms with Crippen LogP contribution in [0.15, 0.2) is 36.7 Å². The lowest BCUT2D eigenvalue weighted by Gasteiger charge is -2.04. The van der Waals surface area contributed by atoms with Gasteiger partial charge in [0.15, 0.2) is 5.82 Å². The van der Waals surface area contributed by atoms with Gasteiger partial charge in [0.1, 0.15) is 5.75 Å². The van der Waals surface area contributed by atoms with Gasteiger partial charge in [-0.25, -0.2) is 19.2 Å². The van der Waals surface area contributed by atoms with E-state index in [0.29, 0.717) is 17.9 Å². The molecule has 2 aromatic rings. The lowest BCUT2D eigenvalue weighted by molar-refractivity contribution is 0.0526. The van der Waals surface area contributed by atoms with Gasteiger partial charge in [-0.3, -0.25) is 0 Å². The summed E-state index contributed by atoms with van der Waals surface area (Å²) in [5, 5.41) is 0. The van der Waals surface area contributed by atoms with Crippen molar-refractivity contribution in [3.05, 3.63) is 48.0 Å². The smallest absolute Gasteiger partial charge is 0.338 e. The molecule has 0 N–H and O–H groups in total. The van der Waals surface area contributed by atoms with Crippen LogP contribution < -0.4 is 4.74 Å². The van der Waals surface area contributed by atoms with Crippen molar-refractivity contribution in [2.75, 3.05) is 6.61 Å². The SMILES string of the molecule is CCOC(=O)c1ccc(Oc2ncc(F)cn2)cc1. The lowest BCUT2D eigenvalue weighted by Crippen LogP contribution is -2.04. The van der Waals surface area contributed by atoms with Crippen LogP contribution in [0.5, 0.6) is 11.8 Å². The van der Waals surface area contributed by atoms with E-state index in [2.05, 4.69) is 9.97 Å². The Morgan fingerprint density at radius 3 is 2.42 bits per heavy atom. The summed E-state index contributed by atoms with van der Waals surface area (Å²) in [6, 6.07) is 6.33. The molecule has 0 saturated heterocycles. The Morgan fingerprint density at radius 2 is 1.84 bits per heavy atom. The number of benzene rings is 1. The van der Waals surface area contributed by atoms with Crippen LogP contribution in [0.4, 0.5) is 4.39 Å². The monoisotopic (exact) mass is 262 g/mol. The van der Waals surface area contributed by atoms with Gasteiger partial charge in [-0.1, -0.05) is 0 Å². The molecule has 1 aromatic carbocycles. The van der Waals surface area contributed by atoms with E-state index < -0.39 is 11.8 Å². The van der Waals surface area contributed by atoms with E-state index in [1.54, 1.807) is 31.2 Å². The van der Waals surface area contributed by atoms with E-state index in [1.807, 2.05) is 0 Å². The molecule has 98 valence electrons. The molecule has 0 aliphatic heterocycles. The van der Waals surface area contributed by atoms with Crippen molar-refractivity contribution in [2.24, 2.45) is 0 Å². The van der Waals surface area contributed by atoms with E-state index in [9.17, 15) is 9.18 Å². The topological polar surface area (TPSA) is 61.3 Å². The van der Waals surface area contributed by atoms with Gasteiger partial charge in [0.05, 0.1) is 24.6 Å². The highest BCUT2D eigenvalue weighted by atomic mass is 19.1. The molecule has 1 aromatic heterocycles. The molecule has 0 fully saturated rings. The Bertz CT molecular complexity index is 555. The van der Waals surface area contributed by atoms with Crippen molar-refractivity contribution in [3.63, 3.8) is 0 Å². The van der Waals surface area contributed by atoms with Crippen LogP contribution in [-0.2, 0) is 4.74 Å². The van der Waals surface area contributed by atoms with E-state index in [4.69, 9.17) is 9.47 Å². The largest absolute Gasteiger partial charge is 0.462 e. The number of aromatic nitrogens is 2. The normalized spacial score (nSPS) is 10.0. The van der Waals surface area contributed by atoms with E-state index in [1.165, 1.54) is 0 Å². The van der Waals surface area contributed by atoms with Crippen LogP contribution in [0.3, 0.4) is 0 Å². The van der Waals surface area contributed by atoms with Gasteiger partial charge in [0, 0.05) is 0 Å². The summed E-state index contributed by atoms with van der Waals surface area (Å²) in [6.07, 6.45) is 2.02. The molecule has 0 radical (unpaired) electrons. The summed E-state index contributed by atoms with van der Waals surface area (Å²) in [4.78, 5) is 18.7. The maximum atomic E-state index is 12.6. The second kappa shape index (κ2) is 5.90. The minimum Gasteiger partial charge on any atom is -0.462 e. The standard InChI is InChI=1S/C13H11FN2O3/c1-2-18-12(17)9-3-5-11(6-4-9)19-13-15-7-10(14)8-16-13/h3-8H,2H2,1H3. The number of carbonyl (C=O) groups is 1. The minimum atomic E-state index is -0.537. The zero-order chi connectivity index (χ0) is 13.7. The Labute approximate surface area is 109 Å². The third-order valence-electron chi connectivity index (χ3n) is 2.17. The first kappa shape index (κ1) is 12.9. The molecule has 0 atom stereocenters. The van der Waals surface area contributed by atoms with Gasteiger partial charge in [-0.15, -0.1) is 0 Å². The van der Waals surface area contributed by atoms with Gasteiger partial charge in [-0.05, 0) is 31.2 Å². The first-order valence-electron chi connectivity index (χ1n) is 5.61. The Hall–Kier alpha value is -2.50. The van der Waals surface area contributed by atoms with Crippen molar-refractivity contribution in [3.8, 4) is 11.8 Å². The molecule has 19 heavy (non-hydrogen) atoms. The highest BCUT2D eigenvalue weighted by molar-refractivity contribution is 5.89. The van der Waals surface area contributed by atoms with Crippen LogP contribution in [0.1, 0.15) is 17.3 Å². The van der Waals surface area contributed by atoms with Gasteiger partial charge >= 0.3 is 12.0 Å². The summed E-state index contributed by atoms with van der Waals surface area (Å²) in [6.45, 7) is 2.06. The van der Waals surface area contributed by atoms with Crippen molar-refractivity contribution in [2.45, 2.75) is 6.92 Å². The summed E-state index contributed by atoms with van der Waals surface area (Å²) >= 11 is 0. The number of halogens is 1. The molecule has 0 unspecified atom stereocenters. The zero-order valence-corrected chi connectivity index (χ0v) is 10.2. The second-order valence-electron chi connectivity index (χ2n) is 3.53. The first-order chi connectivity index (χ1) is 9.19. The second-order valence-corrected chi connectivity index (χ2v) is 3.53. The number of hydrogen-bond acceptors (Lipinski definition) is 5. The van der Waals surface area contributed by atoms with Crippen molar-refractivity contribution < 1.29 is 18.7 Å². The number of rotatable bonds is 4. The van der Waals surface area contributed by atoms with Crippen LogP contribution in [0, 0.1) is 5.82 Å². The van der Waals surface area contributed by atoms with Gasteiger partial charge in [0.25, 0.3) is 0 Å². The van der Waals surface area contributed by atoms with Gasteiger partial charge in [-0.2, -0.15) is 0 Å². The summed E-state index contributed by atoms with van der Waals surface area (Å²) in [5.41, 5.74) is 0.425. The highest BCUT2D eigenvalue weighted by Gasteiger charge is 2.07. The number of ether oxygens (including phenoxy) is 2. The van der Waals surface area contributed by atoms with Crippen LogP contribution in [0.2, 0.25) is 0 Å². The molecule has 0 bridgehead atoms. The molecule has 0 saturated carbocycles. The van der Waals surface area contributed by atoms with Crippen molar-refractivity contribution in [1.29, 1.82) is 0 Å². The molecular weight excluding hydrogens is 251 g/mol. The molecule has 5 nitrogen and oxygen atoms in total. The number of carbonyl (C=O) groups excluding carboxylic acids is 1. The van der Waals surface area contributed by atoms with Crippen LogP contribution in [-0.4, -0.2) is 22.5 Å². The van der Waals surface area contributed by atoms with Crippen molar-refractivity contribution >= 4 is 5.97 Å². The number of nitrogens with zero attached hydrogens (tertiary/aromatic N) is 2. The molecule has 6 heteroatoms. The molecule has 2 rings (SSSR count). The predicted octanol–water partition coefficient (Wildman–Crippen LogP) is 2.58. The first-order valence-corrected chi connectivity index (χ1v) is 5.61. The fraction of sp³-hybridized carbons (Fsp3) is 0.154. The summed E-state index contributed by atoms with van der Waals surface area (Å²) in [5.74, 6) is -0.489. The molecule has 0 aliphatic rings. The van der Waals surface area contributed by atoms with E-state index in [-0.39, 0.29) is 6.01 Å². The van der Waals surface area contributed by atoms with E-state index >= 15 is 0 Å². The highest BCUT2D eigenvalue weighted by Crippen LogP contribution is 2.18. The third kappa shape index (κ3) is 3.48. The maximum absolute atomic E-state index is 12.6. The molecule has 0 amide bonds. The average molecular weight is 262 g/mol. The van der Waals surface area contributed by atoms with Crippen LogP contribution in [0.25, 0.3) is 0 Å². The van der Waals surface area contributed by atoms with Gasteiger partial charge in [0.2, 0.25) is 0 Å². The third-order valence-corrected chi connectivity index (χ3v) is 2.17. The lowest BCUT2D eigenvalue weighted by atomic mass is 10.2. The molecular formula is C13H11FN2O3. The zero-order valence-electron chi connectivity index (χ0n) is 10.2. The summed E-state index contributed by atoms with van der Waals surface area (Å²) < 4.78 is 22.7. The van der Waals surface area contributed by atoms with Gasteiger partial charge < -0.3 is 9.47 Å². The fourth-order valence-corrected chi connectivity index (χ4v) is 1.33. The maximum Gasteiger partial charge on any atom is 0.338 e. The quantitative estimate of drug-likeness (QED) is 0.792. The predicted molar refractivity (Wildman–Crippen MR) is 64.5 cm³/mol. The average Bonchev–Trinajstić information content (AvgIpc) is 2.42. The van der Waals surface area contributed by atoms with Crippen molar-refractivity contribution in [1.82, 2.24) is 9.97 Å². The number of hydrogen-bond donors (Lipinski definition) is 0. The number of esters is 1.